The molecule has 15 heavy (non-hydrogen) atoms. The van der Waals surface area contributed by atoms with Crippen LogP contribution in [0.5, 0.6) is 0 Å². The minimum atomic E-state index is 0.704. The minimum absolute atomic E-state index is 0.704. The van der Waals surface area contributed by atoms with E-state index in [0.717, 1.165) is 16.1 Å². The summed E-state index contributed by atoms with van der Waals surface area (Å²) in [6, 6.07) is 13.2. The highest BCUT2D eigenvalue weighted by Gasteiger charge is 1.97. The van der Waals surface area contributed by atoms with E-state index < -0.39 is 0 Å². The van der Waals surface area contributed by atoms with Crippen LogP contribution in [0.25, 0.3) is 0 Å². The van der Waals surface area contributed by atoms with Gasteiger partial charge in [-0.05, 0) is 46.3 Å². The summed E-state index contributed by atoms with van der Waals surface area (Å²) in [6.07, 6.45) is 0. The first-order chi connectivity index (χ1) is 7.24. The third-order valence-electron chi connectivity index (χ3n) is 1.81. The van der Waals surface area contributed by atoms with Crippen molar-refractivity contribution in [1.82, 2.24) is 4.98 Å². The number of hydrogen-bond donors (Lipinski definition) is 1. The molecule has 2 rings (SSSR count). The Morgan fingerprint density at radius 3 is 2.67 bits per heavy atom. The third-order valence-corrected chi connectivity index (χ3v) is 2.49. The Morgan fingerprint density at radius 2 is 1.93 bits per heavy atom. The second kappa shape index (κ2) is 4.64. The van der Waals surface area contributed by atoms with Crippen molar-refractivity contribution in [1.29, 1.82) is 0 Å². The summed E-state index contributed by atoms with van der Waals surface area (Å²) in [6.45, 7) is 0. The molecule has 0 radical (unpaired) electrons. The normalized spacial score (nSPS) is 10.0. The van der Waals surface area contributed by atoms with Crippen molar-refractivity contribution in [2.24, 2.45) is 0 Å². The second-order valence-corrected chi connectivity index (χ2v) is 4.23. The fourth-order valence-electron chi connectivity index (χ4n) is 1.19. The predicted molar refractivity (Wildman–Crippen MR) is 66.7 cm³/mol. The van der Waals surface area contributed by atoms with Crippen molar-refractivity contribution in [3.63, 3.8) is 0 Å². The Labute approximate surface area is 101 Å². The van der Waals surface area contributed by atoms with Crippen molar-refractivity contribution < 1.29 is 0 Å². The molecule has 2 nitrogen and oxygen atoms in total. The van der Waals surface area contributed by atoms with E-state index in [1.807, 2.05) is 42.5 Å². The number of benzene rings is 1. The Morgan fingerprint density at radius 1 is 1.13 bits per heavy atom. The van der Waals surface area contributed by atoms with Gasteiger partial charge in [0.05, 0.1) is 0 Å². The van der Waals surface area contributed by atoms with Gasteiger partial charge in [0.15, 0.2) is 0 Å². The van der Waals surface area contributed by atoms with Crippen molar-refractivity contribution >= 4 is 39.0 Å². The molecule has 0 fully saturated rings. The van der Waals surface area contributed by atoms with E-state index in [1.54, 1.807) is 0 Å². The first-order valence-corrected chi connectivity index (χ1v) is 5.56. The number of nitrogens with zero attached hydrogens (tertiary/aromatic N) is 1. The van der Waals surface area contributed by atoms with Gasteiger partial charge in [0.1, 0.15) is 10.4 Å². The molecular formula is C11H8BrClN2. The van der Waals surface area contributed by atoms with Gasteiger partial charge >= 0.3 is 0 Å². The van der Waals surface area contributed by atoms with Crippen LogP contribution in [0.2, 0.25) is 5.02 Å². The quantitative estimate of drug-likeness (QED) is 0.834. The number of nitrogens with one attached hydrogen (secondary N) is 1. The summed E-state index contributed by atoms with van der Waals surface area (Å²) >= 11 is 9.19. The van der Waals surface area contributed by atoms with Gasteiger partial charge in [-0.3, -0.25) is 0 Å². The molecule has 0 atom stereocenters. The van der Waals surface area contributed by atoms with E-state index in [9.17, 15) is 0 Å². The predicted octanol–water partition coefficient (Wildman–Crippen LogP) is 4.24. The first kappa shape index (κ1) is 10.5. The van der Waals surface area contributed by atoms with Crippen LogP contribution in [-0.2, 0) is 0 Å². The molecule has 0 unspecified atom stereocenters. The molecular weight excluding hydrogens is 275 g/mol. The average molecular weight is 284 g/mol. The molecule has 1 aromatic carbocycles. The summed E-state index contributed by atoms with van der Waals surface area (Å²) in [5, 5.41) is 3.86. The number of aromatic nitrogens is 1. The van der Waals surface area contributed by atoms with Crippen molar-refractivity contribution in [3.8, 4) is 0 Å². The molecule has 0 aliphatic heterocycles. The SMILES string of the molecule is Clc1cccc(Nc2cccc(Br)n2)c1. The molecule has 0 saturated carbocycles. The zero-order valence-corrected chi connectivity index (χ0v) is 10.1. The Bertz CT molecular complexity index is 430. The number of hydrogen-bond acceptors (Lipinski definition) is 2. The Balaban J connectivity index is 2.22. The van der Waals surface area contributed by atoms with Gasteiger partial charge in [-0.15, -0.1) is 0 Å². The second-order valence-electron chi connectivity index (χ2n) is 2.98. The van der Waals surface area contributed by atoms with Crippen LogP contribution in [-0.4, -0.2) is 4.98 Å². The molecule has 4 heteroatoms. The summed E-state index contributed by atoms with van der Waals surface area (Å²) < 4.78 is 0.800. The maximum Gasteiger partial charge on any atom is 0.131 e. The van der Waals surface area contributed by atoms with E-state index in [0.29, 0.717) is 5.02 Å². The molecule has 1 aromatic heterocycles. The third kappa shape index (κ3) is 2.94. The van der Waals surface area contributed by atoms with Crippen LogP contribution in [0.3, 0.4) is 0 Å². The Kier molecular flexibility index (Phi) is 3.23. The van der Waals surface area contributed by atoms with Crippen molar-refractivity contribution in [2.75, 3.05) is 5.32 Å². The smallest absolute Gasteiger partial charge is 0.131 e. The van der Waals surface area contributed by atoms with Gasteiger partial charge in [-0.1, -0.05) is 23.7 Å². The lowest BCUT2D eigenvalue weighted by Gasteiger charge is -2.05. The summed E-state index contributed by atoms with van der Waals surface area (Å²) in [4.78, 5) is 4.26. The number of anilines is 2. The molecule has 0 aliphatic carbocycles. The lowest BCUT2D eigenvalue weighted by atomic mass is 10.3. The van der Waals surface area contributed by atoms with Gasteiger partial charge in [0.25, 0.3) is 0 Å². The van der Waals surface area contributed by atoms with E-state index >= 15 is 0 Å². The molecule has 0 spiro atoms. The number of rotatable bonds is 2. The van der Waals surface area contributed by atoms with Gasteiger partial charge in [0.2, 0.25) is 0 Å². The zero-order chi connectivity index (χ0) is 10.7. The topological polar surface area (TPSA) is 24.9 Å². The zero-order valence-electron chi connectivity index (χ0n) is 7.74. The van der Waals surface area contributed by atoms with Crippen molar-refractivity contribution in [2.45, 2.75) is 0 Å². The van der Waals surface area contributed by atoms with Crippen molar-refractivity contribution in [3.05, 3.63) is 52.1 Å². The van der Waals surface area contributed by atoms with Gasteiger partial charge in [-0.25, -0.2) is 4.98 Å². The molecule has 76 valence electrons. The van der Waals surface area contributed by atoms with Crippen LogP contribution < -0.4 is 5.32 Å². The lowest BCUT2D eigenvalue weighted by molar-refractivity contribution is 1.26. The molecule has 1 heterocycles. The van der Waals surface area contributed by atoms with E-state index in [-0.39, 0.29) is 0 Å². The fourth-order valence-corrected chi connectivity index (χ4v) is 1.73. The molecule has 2 aromatic rings. The van der Waals surface area contributed by atoms with E-state index in [2.05, 4.69) is 26.2 Å². The maximum absolute atomic E-state index is 5.87. The monoisotopic (exact) mass is 282 g/mol. The van der Waals surface area contributed by atoms with Gasteiger partial charge < -0.3 is 5.32 Å². The lowest BCUT2D eigenvalue weighted by Crippen LogP contribution is -1.92. The van der Waals surface area contributed by atoms with Gasteiger partial charge in [0, 0.05) is 10.7 Å². The Hall–Kier alpha value is -1.06. The molecule has 0 bridgehead atoms. The molecule has 0 saturated heterocycles. The molecule has 0 amide bonds. The number of halogens is 2. The van der Waals surface area contributed by atoms with Crippen LogP contribution >= 0.6 is 27.5 Å². The molecule has 0 aliphatic rings. The highest BCUT2D eigenvalue weighted by atomic mass is 79.9. The largest absolute Gasteiger partial charge is 0.340 e. The highest BCUT2D eigenvalue weighted by Crippen LogP contribution is 2.19. The highest BCUT2D eigenvalue weighted by molar-refractivity contribution is 9.10. The van der Waals surface area contributed by atoms with E-state index in [4.69, 9.17) is 11.6 Å². The van der Waals surface area contributed by atoms with Crippen LogP contribution in [0, 0.1) is 0 Å². The van der Waals surface area contributed by atoms with E-state index in [1.165, 1.54) is 0 Å². The fraction of sp³-hybridized carbons (Fsp3) is 0. The standard InChI is InChI=1S/C11H8BrClN2/c12-10-5-2-6-11(15-10)14-9-4-1-3-8(13)7-9/h1-7H,(H,14,15). The average Bonchev–Trinajstić information content (AvgIpc) is 2.17. The van der Waals surface area contributed by atoms with Crippen LogP contribution in [0.4, 0.5) is 11.5 Å². The summed E-state index contributed by atoms with van der Waals surface area (Å²) in [5.41, 5.74) is 0.924. The first-order valence-electron chi connectivity index (χ1n) is 4.39. The minimum Gasteiger partial charge on any atom is -0.340 e. The molecule has 1 N–H and O–H groups in total. The summed E-state index contributed by atoms with van der Waals surface area (Å²) in [5.74, 6) is 0.784. The van der Waals surface area contributed by atoms with Crippen LogP contribution in [0.1, 0.15) is 0 Å². The maximum atomic E-state index is 5.87. The van der Waals surface area contributed by atoms with Gasteiger partial charge in [-0.2, -0.15) is 0 Å². The van der Waals surface area contributed by atoms with Crippen LogP contribution in [0.15, 0.2) is 47.1 Å². The number of pyridine rings is 1. The summed E-state index contributed by atoms with van der Waals surface area (Å²) in [7, 11) is 0.